The van der Waals surface area contributed by atoms with E-state index in [1.54, 1.807) is 0 Å². The van der Waals surface area contributed by atoms with Crippen molar-refractivity contribution in [3.8, 4) is 0 Å². The van der Waals surface area contributed by atoms with Crippen LogP contribution in [0.25, 0.3) is 0 Å². The number of hydrogen-bond donors (Lipinski definition) is 4. The minimum absolute atomic E-state index is 0.0203. The standard InChI is InChI=1S/C20H26FN4O10PS/c1-9-5-24(19(30)22-17(9)28)15-3-11(27)14(34-15)8-32-36(21,37)35-12-4-16(33-13(12)7-26)25-6-10(2)18(29)23-20(25)31/h5-6,11-16,26-27H,3-4,7-8H2,1-2H3,(H,22,28,30)(H,23,29,31)/t11-,12-,13+,14+,15+,16+,36?/m0/s1. The summed E-state index contributed by atoms with van der Waals surface area (Å²) in [6.45, 7) is -2.51. The molecule has 2 saturated heterocycles. The molecule has 0 aliphatic carbocycles. The van der Waals surface area contributed by atoms with Crippen molar-refractivity contribution in [1.82, 2.24) is 19.1 Å². The monoisotopic (exact) mass is 564 g/mol. The summed E-state index contributed by atoms with van der Waals surface area (Å²) in [7, 11) is 0. The Morgan fingerprint density at radius 3 is 2.08 bits per heavy atom. The topological polar surface area (TPSA) is 187 Å². The van der Waals surface area contributed by atoms with Gasteiger partial charge in [0.05, 0.1) is 19.3 Å². The van der Waals surface area contributed by atoms with Crippen LogP contribution < -0.4 is 22.5 Å². The van der Waals surface area contributed by atoms with E-state index in [-0.39, 0.29) is 24.0 Å². The van der Waals surface area contributed by atoms with E-state index in [4.69, 9.17) is 30.3 Å². The molecule has 4 rings (SSSR count). The maximum Gasteiger partial charge on any atom is 0.366 e. The van der Waals surface area contributed by atoms with Crippen LogP contribution in [0.2, 0.25) is 0 Å². The molecule has 204 valence electrons. The van der Waals surface area contributed by atoms with Gasteiger partial charge in [0.2, 0.25) is 0 Å². The van der Waals surface area contributed by atoms with Gasteiger partial charge in [-0.05, 0) is 25.7 Å². The van der Waals surface area contributed by atoms with Crippen LogP contribution in [0.1, 0.15) is 36.4 Å². The Morgan fingerprint density at radius 1 is 1.03 bits per heavy atom. The van der Waals surface area contributed by atoms with Crippen molar-refractivity contribution in [2.45, 2.75) is 63.6 Å². The Balaban J connectivity index is 1.39. The minimum atomic E-state index is -4.44. The molecule has 37 heavy (non-hydrogen) atoms. The molecule has 2 aliphatic heterocycles. The van der Waals surface area contributed by atoms with Crippen molar-refractivity contribution in [2.24, 2.45) is 0 Å². The molecule has 2 aliphatic rings. The predicted octanol–water partition coefficient (Wildman–Crippen LogP) is -0.772. The summed E-state index contributed by atoms with van der Waals surface area (Å²) in [5.41, 5.74) is -2.06. The van der Waals surface area contributed by atoms with E-state index in [2.05, 4.69) is 9.97 Å². The number of halogens is 1. The number of H-pyrrole nitrogens is 2. The molecule has 0 aromatic carbocycles. The SMILES string of the molecule is Cc1cn([C@H]2C[C@H](OP(F)(=S)OC[C@H]3O[C@@H](n4cc(C)c(=O)[nH]c4=O)C[C@@H]3O)[C@@H](CO)O2)c(=O)[nH]c1=O. The van der Waals surface area contributed by atoms with Gasteiger partial charge < -0.3 is 24.2 Å². The second-order valence-corrected chi connectivity index (χ2v) is 11.4. The molecule has 4 heterocycles. The summed E-state index contributed by atoms with van der Waals surface area (Å²) in [4.78, 5) is 51.8. The van der Waals surface area contributed by atoms with Crippen LogP contribution in [0.4, 0.5) is 4.20 Å². The van der Waals surface area contributed by atoms with Gasteiger partial charge in [-0.25, -0.2) is 9.59 Å². The third-order valence-electron chi connectivity index (χ3n) is 6.13. The molecule has 4 N–H and O–H groups in total. The molecule has 14 nitrogen and oxygen atoms in total. The number of nitrogens with one attached hydrogen (secondary N) is 2. The Kier molecular flexibility index (Phi) is 8.11. The van der Waals surface area contributed by atoms with Gasteiger partial charge in [-0.15, -0.1) is 0 Å². The van der Waals surface area contributed by atoms with E-state index in [1.807, 2.05) is 0 Å². The van der Waals surface area contributed by atoms with Crippen LogP contribution in [0.15, 0.2) is 31.6 Å². The van der Waals surface area contributed by atoms with Crippen LogP contribution in [0, 0.1) is 13.8 Å². The van der Waals surface area contributed by atoms with Crippen LogP contribution in [-0.4, -0.2) is 66.9 Å². The maximum atomic E-state index is 15.1. The number of aliphatic hydroxyl groups excluding tert-OH is 2. The number of rotatable bonds is 8. The maximum absolute atomic E-state index is 15.1. The molecule has 0 radical (unpaired) electrons. The van der Waals surface area contributed by atoms with Gasteiger partial charge in [-0.2, -0.15) is 4.20 Å². The molecule has 2 aromatic rings. The molecule has 0 amide bonds. The van der Waals surface area contributed by atoms with Crippen molar-refractivity contribution in [3.05, 3.63) is 65.2 Å². The minimum Gasteiger partial charge on any atom is -0.394 e. The van der Waals surface area contributed by atoms with E-state index < -0.39 is 79.4 Å². The second-order valence-electron chi connectivity index (χ2n) is 8.81. The number of aromatic amines is 2. The third kappa shape index (κ3) is 6.07. The quantitative estimate of drug-likeness (QED) is 0.295. The molecule has 17 heteroatoms. The fraction of sp³-hybridized carbons (Fsp3) is 0.600. The van der Waals surface area contributed by atoms with Crippen molar-refractivity contribution >= 4 is 18.6 Å². The zero-order chi connectivity index (χ0) is 27.1. The van der Waals surface area contributed by atoms with E-state index in [9.17, 15) is 29.4 Å². The van der Waals surface area contributed by atoms with Gasteiger partial charge >= 0.3 is 18.2 Å². The van der Waals surface area contributed by atoms with Crippen molar-refractivity contribution in [1.29, 1.82) is 0 Å². The van der Waals surface area contributed by atoms with Gasteiger partial charge in [0.15, 0.2) is 0 Å². The lowest BCUT2D eigenvalue weighted by Gasteiger charge is -2.23. The summed E-state index contributed by atoms with van der Waals surface area (Å²) in [6.07, 6.45) is -3.66. The van der Waals surface area contributed by atoms with Gasteiger partial charge in [-0.1, -0.05) is 0 Å². The average Bonchev–Trinajstić information content (AvgIpc) is 3.39. The van der Waals surface area contributed by atoms with Crippen LogP contribution in [-0.2, 0) is 30.3 Å². The lowest BCUT2D eigenvalue weighted by Crippen LogP contribution is -2.33. The molecule has 1 unspecified atom stereocenters. The highest BCUT2D eigenvalue weighted by Gasteiger charge is 2.42. The highest BCUT2D eigenvalue weighted by atomic mass is 32.5. The largest absolute Gasteiger partial charge is 0.394 e. The first kappa shape index (κ1) is 27.7. The summed E-state index contributed by atoms with van der Waals surface area (Å²) >= 11 is 4.86. The molecular weight excluding hydrogens is 538 g/mol. The molecule has 7 atom stereocenters. The van der Waals surface area contributed by atoms with Gasteiger partial charge in [0, 0.05) is 36.4 Å². The second kappa shape index (κ2) is 10.8. The Labute approximate surface area is 212 Å². The first-order valence-corrected chi connectivity index (χ1v) is 13.8. The van der Waals surface area contributed by atoms with Crippen molar-refractivity contribution < 1.29 is 32.9 Å². The normalized spacial score (nSPS) is 29.4. The number of aryl methyl sites for hydroxylation is 2. The highest BCUT2D eigenvalue weighted by Crippen LogP contribution is 2.54. The highest BCUT2D eigenvalue weighted by molar-refractivity contribution is 8.07. The fourth-order valence-electron chi connectivity index (χ4n) is 4.14. The third-order valence-corrected chi connectivity index (χ3v) is 7.69. The van der Waals surface area contributed by atoms with Crippen LogP contribution in [0.3, 0.4) is 0 Å². The van der Waals surface area contributed by atoms with Gasteiger partial charge in [0.25, 0.3) is 11.1 Å². The zero-order valence-electron chi connectivity index (χ0n) is 19.7. The molecule has 0 saturated carbocycles. The smallest absolute Gasteiger partial charge is 0.366 e. The number of ether oxygens (including phenoxy) is 2. The van der Waals surface area contributed by atoms with E-state index >= 15 is 4.20 Å². The van der Waals surface area contributed by atoms with E-state index in [0.29, 0.717) is 0 Å². The first-order valence-electron chi connectivity index (χ1n) is 11.2. The zero-order valence-corrected chi connectivity index (χ0v) is 21.4. The first-order chi connectivity index (χ1) is 17.4. The molecule has 0 bridgehead atoms. The number of aliphatic hydroxyl groups is 2. The summed E-state index contributed by atoms with van der Waals surface area (Å²) in [5, 5.41) is 20.0. The Bertz CT molecular complexity index is 1440. The average molecular weight is 564 g/mol. The Hall–Kier alpha value is -2.30. The summed E-state index contributed by atoms with van der Waals surface area (Å²) in [5.74, 6) is 0. The number of hydrogen-bond acceptors (Lipinski definition) is 11. The fourth-order valence-corrected chi connectivity index (χ4v) is 5.58. The molecular formula is C20H26FN4O10PS. The lowest BCUT2D eigenvalue weighted by molar-refractivity contribution is -0.0516. The molecule has 0 spiro atoms. The van der Waals surface area contributed by atoms with E-state index in [1.165, 1.54) is 26.2 Å². The molecule has 2 aromatic heterocycles. The van der Waals surface area contributed by atoms with Crippen LogP contribution in [0.5, 0.6) is 0 Å². The predicted molar refractivity (Wildman–Crippen MR) is 128 cm³/mol. The van der Waals surface area contributed by atoms with Gasteiger partial charge in [-0.3, -0.25) is 33.2 Å². The van der Waals surface area contributed by atoms with Crippen molar-refractivity contribution in [2.75, 3.05) is 13.2 Å². The number of aromatic nitrogens is 4. The Morgan fingerprint density at radius 2 is 1.54 bits per heavy atom. The van der Waals surface area contributed by atoms with Crippen LogP contribution >= 0.6 is 6.80 Å². The summed E-state index contributed by atoms with van der Waals surface area (Å²) in [6, 6.07) is 0. The van der Waals surface area contributed by atoms with E-state index in [0.717, 1.165) is 9.13 Å². The molecule has 2 fully saturated rings. The van der Waals surface area contributed by atoms with Crippen molar-refractivity contribution in [3.63, 3.8) is 0 Å². The van der Waals surface area contributed by atoms with Gasteiger partial charge in [0.1, 0.15) is 30.8 Å². The number of nitrogens with zero attached hydrogens (tertiary/aromatic N) is 2. The lowest BCUT2D eigenvalue weighted by atomic mass is 10.2. The summed E-state index contributed by atoms with van der Waals surface area (Å²) < 4.78 is 39.1.